The number of anilines is 1. The quantitative estimate of drug-likeness (QED) is 0.158. The SMILES string of the molecule is COc1ccc(N2C(N)=C(C#N)C(c3cc(CSc4ccc(Cl)cc4)c(C)cc3C)C3=C2CC(C)(C)CC3=O)c([N+](=O)[O-])c1. The minimum absolute atomic E-state index is 0.0760. The molecule has 2 N–H and O–H groups in total. The zero-order valence-electron chi connectivity index (χ0n) is 25.2. The number of ketones is 1. The Morgan fingerprint density at radius 3 is 2.48 bits per heavy atom. The fourth-order valence-corrected chi connectivity index (χ4v) is 7.22. The van der Waals surface area contributed by atoms with Crippen LogP contribution in [-0.4, -0.2) is 17.8 Å². The van der Waals surface area contributed by atoms with Gasteiger partial charge in [-0.15, -0.1) is 11.8 Å². The van der Waals surface area contributed by atoms with Crippen molar-refractivity contribution in [3.05, 3.63) is 115 Å². The molecule has 0 spiro atoms. The van der Waals surface area contributed by atoms with E-state index in [-0.39, 0.29) is 35.0 Å². The van der Waals surface area contributed by atoms with E-state index in [0.29, 0.717) is 34.2 Å². The third-order valence-corrected chi connectivity index (χ3v) is 9.56. The predicted molar refractivity (Wildman–Crippen MR) is 174 cm³/mol. The van der Waals surface area contributed by atoms with Gasteiger partial charge in [-0.25, -0.2) is 0 Å². The molecule has 5 rings (SSSR count). The Labute approximate surface area is 266 Å². The lowest BCUT2D eigenvalue weighted by atomic mass is 9.68. The van der Waals surface area contributed by atoms with Crippen LogP contribution >= 0.6 is 23.4 Å². The molecule has 44 heavy (non-hydrogen) atoms. The van der Waals surface area contributed by atoms with Crippen LogP contribution in [0, 0.1) is 40.7 Å². The van der Waals surface area contributed by atoms with Crippen molar-refractivity contribution in [1.29, 1.82) is 5.26 Å². The van der Waals surface area contributed by atoms with E-state index in [9.17, 15) is 20.2 Å². The molecule has 1 aliphatic heterocycles. The van der Waals surface area contributed by atoms with Crippen molar-refractivity contribution >= 4 is 40.5 Å². The summed E-state index contributed by atoms with van der Waals surface area (Å²) < 4.78 is 5.24. The Hall–Kier alpha value is -4.26. The van der Waals surface area contributed by atoms with Crippen molar-refractivity contribution in [1.82, 2.24) is 0 Å². The minimum Gasteiger partial charge on any atom is -0.496 e. The topological polar surface area (TPSA) is 122 Å². The molecule has 0 aromatic heterocycles. The van der Waals surface area contributed by atoms with Crippen LogP contribution in [-0.2, 0) is 10.5 Å². The van der Waals surface area contributed by atoms with Gasteiger partial charge in [-0.2, -0.15) is 5.26 Å². The summed E-state index contributed by atoms with van der Waals surface area (Å²) in [6, 6.07) is 18.6. The number of nitriles is 1. The molecule has 1 heterocycles. The van der Waals surface area contributed by atoms with Crippen molar-refractivity contribution in [3.8, 4) is 11.8 Å². The Morgan fingerprint density at radius 1 is 1.14 bits per heavy atom. The molecule has 8 nitrogen and oxygen atoms in total. The van der Waals surface area contributed by atoms with Crippen LogP contribution in [0.4, 0.5) is 11.4 Å². The lowest BCUT2D eigenvalue weighted by Crippen LogP contribution is -2.42. The summed E-state index contributed by atoms with van der Waals surface area (Å²) in [5.74, 6) is 0.261. The highest BCUT2D eigenvalue weighted by atomic mass is 35.5. The number of nitrogens with two attached hydrogens (primary N) is 1. The number of halogens is 1. The number of nitrogens with zero attached hydrogens (tertiary/aromatic N) is 3. The van der Waals surface area contributed by atoms with E-state index in [1.165, 1.54) is 13.2 Å². The first-order valence-electron chi connectivity index (χ1n) is 14.1. The lowest BCUT2D eigenvalue weighted by molar-refractivity contribution is -0.384. The summed E-state index contributed by atoms with van der Waals surface area (Å²) in [5.41, 5.74) is 11.5. The molecule has 0 saturated heterocycles. The van der Waals surface area contributed by atoms with Gasteiger partial charge in [-0.05, 0) is 84.3 Å². The van der Waals surface area contributed by atoms with Gasteiger partial charge in [0, 0.05) is 33.4 Å². The van der Waals surface area contributed by atoms with Crippen LogP contribution < -0.4 is 15.4 Å². The van der Waals surface area contributed by atoms with Crippen molar-refractivity contribution in [2.24, 2.45) is 11.1 Å². The molecule has 0 radical (unpaired) electrons. The molecule has 0 amide bonds. The van der Waals surface area contributed by atoms with Crippen LogP contribution in [0.5, 0.6) is 5.75 Å². The molecule has 2 aliphatic rings. The molecule has 3 aromatic carbocycles. The second-order valence-corrected chi connectivity index (χ2v) is 13.5. The van der Waals surface area contributed by atoms with Crippen LogP contribution in [0.2, 0.25) is 5.02 Å². The molecule has 1 atom stereocenters. The van der Waals surface area contributed by atoms with E-state index in [4.69, 9.17) is 22.1 Å². The van der Waals surface area contributed by atoms with Crippen molar-refractivity contribution in [2.75, 3.05) is 12.0 Å². The number of nitro benzene ring substituents is 1. The number of allylic oxidation sites excluding steroid dienone is 3. The number of methoxy groups -OCH3 is 1. The second kappa shape index (κ2) is 12.0. The summed E-state index contributed by atoms with van der Waals surface area (Å²) >= 11 is 7.74. The van der Waals surface area contributed by atoms with E-state index in [1.54, 1.807) is 28.8 Å². The zero-order chi connectivity index (χ0) is 31.9. The summed E-state index contributed by atoms with van der Waals surface area (Å²) in [7, 11) is 1.43. The van der Waals surface area contributed by atoms with Gasteiger partial charge in [-0.3, -0.25) is 19.8 Å². The highest BCUT2D eigenvalue weighted by Gasteiger charge is 2.46. The largest absolute Gasteiger partial charge is 0.496 e. The Morgan fingerprint density at radius 2 is 1.84 bits per heavy atom. The predicted octanol–water partition coefficient (Wildman–Crippen LogP) is 8.11. The van der Waals surface area contributed by atoms with E-state index in [2.05, 4.69) is 18.2 Å². The molecule has 0 bridgehead atoms. The van der Waals surface area contributed by atoms with Gasteiger partial charge in [0.2, 0.25) is 0 Å². The maximum atomic E-state index is 14.1. The first kappa shape index (κ1) is 31.2. The number of rotatable bonds is 7. The smallest absolute Gasteiger partial charge is 0.296 e. The van der Waals surface area contributed by atoms with Gasteiger partial charge in [0.25, 0.3) is 5.69 Å². The van der Waals surface area contributed by atoms with E-state index in [1.807, 2.05) is 52.0 Å². The van der Waals surface area contributed by atoms with Crippen LogP contribution in [0.25, 0.3) is 0 Å². The van der Waals surface area contributed by atoms with Gasteiger partial charge in [0.05, 0.1) is 35.7 Å². The van der Waals surface area contributed by atoms with Gasteiger partial charge < -0.3 is 10.5 Å². The maximum Gasteiger partial charge on any atom is 0.296 e. The highest BCUT2D eigenvalue weighted by Crippen LogP contribution is 2.52. The summed E-state index contributed by atoms with van der Waals surface area (Å²) in [5, 5.41) is 23.5. The van der Waals surface area contributed by atoms with E-state index >= 15 is 0 Å². The first-order chi connectivity index (χ1) is 20.8. The number of hydrogen-bond acceptors (Lipinski definition) is 8. The van der Waals surface area contributed by atoms with Crippen molar-refractivity contribution in [2.45, 2.75) is 57.1 Å². The lowest BCUT2D eigenvalue weighted by Gasteiger charge is -2.43. The third-order valence-electron chi connectivity index (χ3n) is 8.24. The molecule has 0 saturated carbocycles. The van der Waals surface area contributed by atoms with Crippen LogP contribution in [0.15, 0.2) is 82.2 Å². The molecular weight excluding hydrogens is 596 g/mol. The molecule has 0 fully saturated rings. The molecule has 226 valence electrons. The number of aryl methyl sites for hydroxylation is 2. The number of Topliss-reactive ketones (excluding diaryl/α,β-unsaturated/α-hetero) is 1. The van der Waals surface area contributed by atoms with Gasteiger partial charge in [0.15, 0.2) is 5.78 Å². The first-order valence-corrected chi connectivity index (χ1v) is 15.5. The molecule has 10 heteroatoms. The number of carbonyl (C=O) groups excluding carboxylic acids is 1. The van der Waals surface area contributed by atoms with Gasteiger partial charge in [-0.1, -0.05) is 37.6 Å². The molecular formula is C34H33ClN4O4S. The van der Waals surface area contributed by atoms with Crippen LogP contribution in [0.1, 0.15) is 54.9 Å². The van der Waals surface area contributed by atoms with Crippen LogP contribution in [0.3, 0.4) is 0 Å². The molecule has 3 aromatic rings. The number of carbonyl (C=O) groups is 1. The monoisotopic (exact) mass is 628 g/mol. The number of hydrogen-bond donors (Lipinski definition) is 1. The van der Waals surface area contributed by atoms with E-state index < -0.39 is 16.3 Å². The zero-order valence-corrected chi connectivity index (χ0v) is 26.8. The number of ether oxygens (including phenoxy) is 1. The standard InChI is InChI=1S/C34H33ClN4O4S/c1-19-12-20(2)25(13-21(19)18-44-24-9-6-22(35)7-10-24)31-26(17-36)33(37)38(29-15-34(3,4)16-30(40)32(29)31)27-11-8-23(43-5)14-28(27)39(41)42/h6-14,31H,15-16,18,37H2,1-5H3. The Kier molecular flexibility index (Phi) is 8.52. The summed E-state index contributed by atoms with van der Waals surface area (Å²) in [6.07, 6.45) is 0.723. The molecule has 1 aliphatic carbocycles. The van der Waals surface area contributed by atoms with Crippen molar-refractivity contribution < 1.29 is 14.5 Å². The summed E-state index contributed by atoms with van der Waals surface area (Å²) in [6.45, 7) is 8.01. The van der Waals surface area contributed by atoms with E-state index in [0.717, 1.165) is 27.1 Å². The normalized spacial score (nSPS) is 17.8. The minimum atomic E-state index is -0.702. The Balaban J connectivity index is 1.70. The van der Waals surface area contributed by atoms with Gasteiger partial charge >= 0.3 is 0 Å². The fourth-order valence-electron chi connectivity index (χ4n) is 6.14. The fraction of sp³-hybridized carbons (Fsp3) is 0.294. The average molecular weight is 629 g/mol. The van der Waals surface area contributed by atoms with Gasteiger partial charge in [0.1, 0.15) is 17.3 Å². The maximum absolute atomic E-state index is 14.1. The highest BCUT2D eigenvalue weighted by molar-refractivity contribution is 7.98. The summed E-state index contributed by atoms with van der Waals surface area (Å²) in [4.78, 5) is 28.4. The third kappa shape index (κ3) is 5.80. The Bertz CT molecular complexity index is 1790. The average Bonchev–Trinajstić information content (AvgIpc) is 2.96. The number of nitro groups is 1. The van der Waals surface area contributed by atoms with Crippen molar-refractivity contribution in [3.63, 3.8) is 0 Å². The molecule has 1 unspecified atom stereocenters. The number of thioether (sulfide) groups is 1. The number of benzene rings is 3. The second-order valence-electron chi connectivity index (χ2n) is 12.0.